The zero-order valence-corrected chi connectivity index (χ0v) is 14.0. The van der Waals surface area contributed by atoms with Gasteiger partial charge in [0, 0.05) is 18.3 Å². The SMILES string of the molecule is Cc1ccc(/C(=C\CN2CCCCCC2)c2ccccn2)cc1. The van der Waals surface area contributed by atoms with Crippen molar-refractivity contribution in [2.45, 2.75) is 32.6 Å². The number of rotatable bonds is 4. The van der Waals surface area contributed by atoms with E-state index in [0.717, 1.165) is 12.2 Å². The summed E-state index contributed by atoms with van der Waals surface area (Å²) in [5.74, 6) is 0. The number of pyridine rings is 1. The fourth-order valence-corrected chi connectivity index (χ4v) is 3.16. The summed E-state index contributed by atoms with van der Waals surface area (Å²) >= 11 is 0. The van der Waals surface area contributed by atoms with Crippen LogP contribution in [0.15, 0.2) is 54.7 Å². The fraction of sp³-hybridized carbons (Fsp3) is 0.381. The van der Waals surface area contributed by atoms with Crippen molar-refractivity contribution in [3.63, 3.8) is 0 Å². The quantitative estimate of drug-likeness (QED) is 0.814. The molecular formula is C21H26N2. The maximum atomic E-state index is 4.57. The maximum Gasteiger partial charge on any atom is 0.0705 e. The minimum Gasteiger partial charge on any atom is -0.300 e. The van der Waals surface area contributed by atoms with Gasteiger partial charge < -0.3 is 0 Å². The molecule has 0 spiro atoms. The van der Waals surface area contributed by atoms with Gasteiger partial charge in [-0.3, -0.25) is 9.88 Å². The molecule has 1 aliphatic heterocycles. The Labute approximate surface area is 139 Å². The van der Waals surface area contributed by atoms with Crippen LogP contribution in [0, 0.1) is 6.92 Å². The van der Waals surface area contributed by atoms with Crippen molar-refractivity contribution in [2.24, 2.45) is 0 Å². The van der Waals surface area contributed by atoms with Crippen LogP contribution in [0.1, 0.15) is 42.5 Å². The number of hydrogen-bond donors (Lipinski definition) is 0. The normalized spacial score (nSPS) is 17.0. The predicted molar refractivity (Wildman–Crippen MR) is 97.4 cm³/mol. The van der Waals surface area contributed by atoms with Crippen molar-refractivity contribution < 1.29 is 0 Å². The molecule has 0 amide bonds. The van der Waals surface area contributed by atoms with E-state index < -0.39 is 0 Å². The number of aryl methyl sites for hydroxylation is 1. The van der Waals surface area contributed by atoms with Crippen LogP contribution in [0.3, 0.4) is 0 Å². The van der Waals surface area contributed by atoms with E-state index in [1.807, 2.05) is 12.3 Å². The zero-order valence-electron chi connectivity index (χ0n) is 14.0. The lowest BCUT2D eigenvalue weighted by Gasteiger charge is -2.18. The van der Waals surface area contributed by atoms with Crippen LogP contribution in [-0.2, 0) is 0 Å². The summed E-state index contributed by atoms with van der Waals surface area (Å²) < 4.78 is 0. The molecule has 0 aliphatic carbocycles. The zero-order chi connectivity index (χ0) is 15.9. The third kappa shape index (κ3) is 4.52. The van der Waals surface area contributed by atoms with Crippen LogP contribution in [0.4, 0.5) is 0 Å². The smallest absolute Gasteiger partial charge is 0.0705 e. The molecule has 1 aromatic carbocycles. The van der Waals surface area contributed by atoms with E-state index in [1.165, 1.54) is 55.5 Å². The van der Waals surface area contributed by atoms with Gasteiger partial charge in [0.1, 0.15) is 0 Å². The molecular weight excluding hydrogens is 280 g/mol. The fourth-order valence-electron chi connectivity index (χ4n) is 3.16. The number of likely N-dealkylation sites (tertiary alicyclic amines) is 1. The second-order valence-corrected chi connectivity index (χ2v) is 6.41. The van der Waals surface area contributed by atoms with Crippen LogP contribution < -0.4 is 0 Å². The van der Waals surface area contributed by atoms with Crippen molar-refractivity contribution in [3.05, 3.63) is 71.6 Å². The molecule has 23 heavy (non-hydrogen) atoms. The number of hydrogen-bond acceptors (Lipinski definition) is 2. The molecule has 3 rings (SSSR count). The third-order valence-electron chi connectivity index (χ3n) is 4.56. The number of aromatic nitrogens is 1. The second kappa shape index (κ2) is 8.07. The van der Waals surface area contributed by atoms with E-state index in [1.54, 1.807) is 0 Å². The summed E-state index contributed by atoms with van der Waals surface area (Å²) in [5, 5.41) is 0. The number of benzene rings is 1. The van der Waals surface area contributed by atoms with Crippen molar-refractivity contribution in [1.29, 1.82) is 0 Å². The molecule has 0 bridgehead atoms. The van der Waals surface area contributed by atoms with Gasteiger partial charge in [-0.25, -0.2) is 0 Å². The molecule has 0 radical (unpaired) electrons. The lowest BCUT2D eigenvalue weighted by atomic mass is 10.0. The highest BCUT2D eigenvalue weighted by Gasteiger charge is 2.10. The monoisotopic (exact) mass is 306 g/mol. The highest BCUT2D eigenvalue weighted by Crippen LogP contribution is 2.22. The largest absolute Gasteiger partial charge is 0.300 e. The summed E-state index contributed by atoms with van der Waals surface area (Å²) in [5.41, 5.74) is 4.85. The molecule has 2 aromatic rings. The Morgan fingerprint density at radius 1 is 1.00 bits per heavy atom. The first-order valence-corrected chi connectivity index (χ1v) is 8.74. The van der Waals surface area contributed by atoms with Gasteiger partial charge in [-0.05, 0) is 50.6 Å². The predicted octanol–water partition coefficient (Wildman–Crippen LogP) is 4.70. The van der Waals surface area contributed by atoms with Gasteiger partial charge in [0.15, 0.2) is 0 Å². The Bertz CT molecular complexity index is 621. The molecule has 2 nitrogen and oxygen atoms in total. The van der Waals surface area contributed by atoms with E-state index in [-0.39, 0.29) is 0 Å². The van der Waals surface area contributed by atoms with Crippen LogP contribution >= 0.6 is 0 Å². The summed E-state index contributed by atoms with van der Waals surface area (Å²) in [6.07, 6.45) is 9.66. The van der Waals surface area contributed by atoms with Crippen LogP contribution in [0.25, 0.3) is 5.57 Å². The first-order chi connectivity index (χ1) is 11.3. The van der Waals surface area contributed by atoms with Gasteiger partial charge in [-0.2, -0.15) is 0 Å². The Morgan fingerprint density at radius 2 is 1.74 bits per heavy atom. The van der Waals surface area contributed by atoms with Crippen LogP contribution in [-0.4, -0.2) is 29.5 Å². The minimum absolute atomic E-state index is 1.01. The Balaban J connectivity index is 1.85. The summed E-state index contributed by atoms with van der Waals surface area (Å²) in [6, 6.07) is 14.9. The standard InChI is InChI=1S/C21H26N2/c1-18-9-11-19(12-10-18)20(21-8-4-5-14-22-21)13-17-23-15-6-2-3-7-16-23/h4-5,8-14H,2-3,6-7,15-17H2,1H3/b20-13+. The van der Waals surface area contributed by atoms with Crippen molar-refractivity contribution in [1.82, 2.24) is 9.88 Å². The van der Waals surface area contributed by atoms with E-state index in [2.05, 4.69) is 59.3 Å². The second-order valence-electron chi connectivity index (χ2n) is 6.41. The van der Waals surface area contributed by atoms with Gasteiger partial charge in [0.2, 0.25) is 0 Å². The first-order valence-electron chi connectivity index (χ1n) is 8.74. The van der Waals surface area contributed by atoms with Gasteiger partial charge in [-0.15, -0.1) is 0 Å². The highest BCUT2D eigenvalue weighted by molar-refractivity contribution is 5.78. The molecule has 1 aliphatic rings. The Hall–Kier alpha value is -1.93. The molecule has 0 saturated carbocycles. The Morgan fingerprint density at radius 3 is 2.39 bits per heavy atom. The molecule has 0 unspecified atom stereocenters. The maximum absolute atomic E-state index is 4.57. The van der Waals surface area contributed by atoms with E-state index in [4.69, 9.17) is 0 Å². The average Bonchev–Trinajstić information content (AvgIpc) is 2.86. The summed E-state index contributed by atoms with van der Waals surface area (Å²) in [7, 11) is 0. The summed E-state index contributed by atoms with van der Waals surface area (Å²) in [6.45, 7) is 5.59. The van der Waals surface area contributed by atoms with Crippen molar-refractivity contribution in [3.8, 4) is 0 Å². The van der Waals surface area contributed by atoms with Gasteiger partial charge in [-0.1, -0.05) is 54.8 Å². The van der Waals surface area contributed by atoms with Crippen molar-refractivity contribution in [2.75, 3.05) is 19.6 Å². The molecule has 120 valence electrons. The van der Waals surface area contributed by atoms with Crippen molar-refractivity contribution >= 4 is 5.57 Å². The average molecular weight is 306 g/mol. The topological polar surface area (TPSA) is 16.1 Å². The molecule has 2 heterocycles. The summed E-state index contributed by atoms with van der Waals surface area (Å²) in [4.78, 5) is 7.15. The molecule has 1 fully saturated rings. The minimum atomic E-state index is 1.01. The Kier molecular flexibility index (Phi) is 5.60. The molecule has 1 saturated heterocycles. The van der Waals surface area contributed by atoms with E-state index >= 15 is 0 Å². The van der Waals surface area contributed by atoms with Gasteiger partial charge >= 0.3 is 0 Å². The van der Waals surface area contributed by atoms with Crippen LogP contribution in [0.5, 0.6) is 0 Å². The molecule has 0 N–H and O–H groups in total. The van der Waals surface area contributed by atoms with Gasteiger partial charge in [0.25, 0.3) is 0 Å². The van der Waals surface area contributed by atoms with Crippen LogP contribution in [0.2, 0.25) is 0 Å². The molecule has 2 heteroatoms. The molecule has 0 atom stereocenters. The lowest BCUT2D eigenvalue weighted by Crippen LogP contribution is -2.24. The highest BCUT2D eigenvalue weighted by atomic mass is 15.1. The third-order valence-corrected chi connectivity index (χ3v) is 4.56. The molecule has 1 aromatic heterocycles. The first kappa shape index (κ1) is 15.9. The van der Waals surface area contributed by atoms with Gasteiger partial charge in [0.05, 0.1) is 5.69 Å². The van der Waals surface area contributed by atoms with E-state index in [9.17, 15) is 0 Å². The lowest BCUT2D eigenvalue weighted by molar-refractivity contribution is 0.316. The van der Waals surface area contributed by atoms with E-state index in [0.29, 0.717) is 0 Å². The number of nitrogens with zero attached hydrogens (tertiary/aromatic N) is 2.